The fourth-order valence-corrected chi connectivity index (χ4v) is 7.78. The summed E-state index contributed by atoms with van der Waals surface area (Å²) in [6.07, 6.45) is 0. The number of hydrogen-bond donors (Lipinski definition) is 0. The molecule has 5 aromatic carbocycles. The second kappa shape index (κ2) is 6.55. The topological polar surface area (TPSA) is 17.1 Å². The van der Waals surface area contributed by atoms with Crippen molar-refractivity contribution in [2.45, 2.75) is 0 Å². The van der Waals surface area contributed by atoms with Crippen LogP contribution in [0.2, 0.25) is 0 Å². The summed E-state index contributed by atoms with van der Waals surface area (Å²) in [4.78, 5) is 0. The summed E-state index contributed by atoms with van der Waals surface area (Å²) < 4.78 is 14.9. The summed E-state index contributed by atoms with van der Waals surface area (Å²) in [6.45, 7) is 0. The second-order valence-corrected chi connectivity index (χ2v) is 10.4. The van der Waals surface area contributed by atoms with Gasteiger partial charge in [0, 0.05) is 21.5 Å². The third kappa shape index (κ3) is 2.39. The van der Waals surface area contributed by atoms with Gasteiger partial charge in [0.05, 0.1) is 0 Å². The predicted molar refractivity (Wildman–Crippen MR) is 128 cm³/mol. The van der Waals surface area contributed by atoms with Gasteiger partial charge in [-0.2, -0.15) is 0 Å². The molecule has 0 radical (unpaired) electrons. The van der Waals surface area contributed by atoms with Crippen LogP contribution in [0.1, 0.15) is 0 Å². The maximum absolute atomic E-state index is 14.9. The van der Waals surface area contributed by atoms with E-state index in [9.17, 15) is 4.57 Å². The van der Waals surface area contributed by atoms with Crippen molar-refractivity contribution >= 4 is 33.8 Å². The van der Waals surface area contributed by atoms with Crippen LogP contribution in [0.5, 0.6) is 0 Å². The molecular weight excluding hydrogens is 383 g/mol. The minimum absolute atomic E-state index is 0.894. The zero-order valence-corrected chi connectivity index (χ0v) is 17.2. The van der Waals surface area contributed by atoms with E-state index < -0.39 is 7.14 Å². The van der Waals surface area contributed by atoms with Gasteiger partial charge in [-0.15, -0.1) is 0 Å². The first-order chi connectivity index (χ1) is 14.8. The highest BCUT2D eigenvalue weighted by Gasteiger charge is 2.40. The van der Waals surface area contributed by atoms with Crippen LogP contribution in [0.3, 0.4) is 0 Å². The molecule has 0 bridgehead atoms. The molecule has 1 unspecified atom stereocenters. The molecule has 2 heteroatoms. The molecule has 1 heterocycles. The van der Waals surface area contributed by atoms with Gasteiger partial charge in [0.2, 0.25) is 0 Å². The SMILES string of the molecule is O=P1(c2cccc(-c3ccccc3)c2)c2ccccc2-c2c1ccc1ccccc21. The Morgan fingerprint density at radius 2 is 1.27 bits per heavy atom. The average Bonchev–Trinajstić information content (AvgIpc) is 3.10. The third-order valence-corrected chi connectivity index (χ3v) is 9.20. The van der Waals surface area contributed by atoms with E-state index >= 15 is 0 Å². The van der Waals surface area contributed by atoms with E-state index in [0.717, 1.165) is 38.2 Å². The van der Waals surface area contributed by atoms with Crippen LogP contribution >= 0.6 is 7.14 Å². The van der Waals surface area contributed by atoms with E-state index in [0.29, 0.717) is 0 Å². The summed E-state index contributed by atoms with van der Waals surface area (Å²) in [7, 11) is -2.95. The van der Waals surface area contributed by atoms with Crippen LogP contribution in [0.25, 0.3) is 33.0 Å². The van der Waals surface area contributed by atoms with Crippen molar-refractivity contribution in [2.24, 2.45) is 0 Å². The monoisotopic (exact) mass is 402 g/mol. The fourth-order valence-electron chi connectivity index (χ4n) is 4.69. The van der Waals surface area contributed by atoms with Crippen LogP contribution in [-0.4, -0.2) is 0 Å². The lowest BCUT2D eigenvalue weighted by molar-refractivity contribution is 0.593. The summed E-state index contributed by atoms with van der Waals surface area (Å²) in [5.74, 6) is 0. The first-order valence-electron chi connectivity index (χ1n) is 10.2. The van der Waals surface area contributed by atoms with Crippen LogP contribution in [0.15, 0.2) is 115 Å². The van der Waals surface area contributed by atoms with Crippen molar-refractivity contribution in [2.75, 3.05) is 0 Å². The van der Waals surface area contributed by atoms with Gasteiger partial charge in [-0.3, -0.25) is 0 Å². The third-order valence-electron chi connectivity index (χ3n) is 6.08. The highest BCUT2D eigenvalue weighted by atomic mass is 31.2. The van der Waals surface area contributed by atoms with E-state index in [1.807, 2.05) is 48.5 Å². The molecule has 30 heavy (non-hydrogen) atoms. The van der Waals surface area contributed by atoms with Crippen molar-refractivity contribution in [3.05, 3.63) is 115 Å². The maximum atomic E-state index is 14.9. The van der Waals surface area contributed by atoms with Gasteiger partial charge < -0.3 is 4.57 Å². The van der Waals surface area contributed by atoms with Gasteiger partial charge in [0.1, 0.15) is 0 Å². The van der Waals surface area contributed by atoms with Crippen molar-refractivity contribution in [1.29, 1.82) is 0 Å². The van der Waals surface area contributed by atoms with E-state index in [-0.39, 0.29) is 0 Å². The molecule has 0 aromatic heterocycles. The molecule has 0 saturated heterocycles. The Morgan fingerprint density at radius 1 is 0.533 bits per heavy atom. The molecule has 0 saturated carbocycles. The molecule has 0 fully saturated rings. The number of hydrogen-bond acceptors (Lipinski definition) is 1. The predicted octanol–water partition coefficient (Wildman–Crippen LogP) is 6.13. The first-order valence-corrected chi connectivity index (χ1v) is 11.9. The van der Waals surface area contributed by atoms with Crippen LogP contribution in [0.4, 0.5) is 0 Å². The highest BCUT2D eigenvalue weighted by Crippen LogP contribution is 2.53. The summed E-state index contributed by atoms with van der Waals surface area (Å²) in [5.41, 5.74) is 4.45. The normalized spacial score (nSPS) is 16.9. The molecule has 0 amide bonds. The lowest BCUT2D eigenvalue weighted by Gasteiger charge is -2.17. The van der Waals surface area contributed by atoms with E-state index in [1.54, 1.807) is 0 Å². The summed E-state index contributed by atoms with van der Waals surface area (Å²) in [5, 5.41) is 5.14. The van der Waals surface area contributed by atoms with Gasteiger partial charge in [0.25, 0.3) is 0 Å². The van der Waals surface area contributed by atoms with Crippen LogP contribution in [0, 0.1) is 0 Å². The molecule has 0 N–H and O–H groups in total. The Hall–Kier alpha value is -3.41. The van der Waals surface area contributed by atoms with Crippen LogP contribution in [-0.2, 0) is 4.57 Å². The standard InChI is InChI=1S/C28H19OP/c29-30(23-13-8-12-22(19-23)20-9-2-1-3-10-20)26-16-7-6-15-25(26)28-24-14-5-4-11-21(24)17-18-27(28)30/h1-19H. The van der Waals surface area contributed by atoms with Gasteiger partial charge in [-0.25, -0.2) is 0 Å². The summed E-state index contributed by atoms with van der Waals surface area (Å²) in [6, 6.07) is 39.3. The Bertz CT molecular complexity index is 1470. The van der Waals surface area contributed by atoms with E-state index in [1.165, 1.54) is 10.8 Å². The quantitative estimate of drug-likeness (QED) is 0.319. The number of fused-ring (bicyclic) bond motifs is 5. The van der Waals surface area contributed by atoms with Gasteiger partial charge in [-0.05, 0) is 39.6 Å². The zero-order valence-electron chi connectivity index (χ0n) is 16.3. The molecule has 142 valence electrons. The molecule has 1 aliphatic rings. The minimum Gasteiger partial charge on any atom is -0.309 e. The van der Waals surface area contributed by atoms with E-state index in [2.05, 4.69) is 66.7 Å². The maximum Gasteiger partial charge on any atom is 0.172 e. The Balaban J connectivity index is 1.67. The van der Waals surface area contributed by atoms with Crippen LogP contribution < -0.4 is 15.9 Å². The highest BCUT2D eigenvalue weighted by molar-refractivity contribution is 7.86. The second-order valence-electron chi connectivity index (χ2n) is 7.72. The van der Waals surface area contributed by atoms with Gasteiger partial charge in [-0.1, -0.05) is 103 Å². The van der Waals surface area contributed by atoms with Crippen molar-refractivity contribution in [3.8, 4) is 22.3 Å². The smallest absolute Gasteiger partial charge is 0.172 e. The lowest BCUT2D eigenvalue weighted by Crippen LogP contribution is -2.20. The largest absolute Gasteiger partial charge is 0.309 e. The van der Waals surface area contributed by atoms with E-state index in [4.69, 9.17) is 0 Å². The lowest BCUT2D eigenvalue weighted by atomic mass is 9.98. The Morgan fingerprint density at radius 3 is 2.17 bits per heavy atom. The first kappa shape index (κ1) is 17.4. The molecule has 1 nitrogen and oxygen atoms in total. The van der Waals surface area contributed by atoms with Gasteiger partial charge >= 0.3 is 0 Å². The zero-order chi connectivity index (χ0) is 20.1. The van der Waals surface area contributed by atoms with Gasteiger partial charge in [0.15, 0.2) is 7.14 Å². The molecule has 0 aliphatic carbocycles. The van der Waals surface area contributed by atoms with Crippen molar-refractivity contribution in [3.63, 3.8) is 0 Å². The van der Waals surface area contributed by atoms with Crippen molar-refractivity contribution in [1.82, 2.24) is 0 Å². The number of benzene rings is 5. The molecule has 0 spiro atoms. The minimum atomic E-state index is -2.95. The molecular formula is C28H19OP. The molecule has 5 aromatic rings. The average molecular weight is 402 g/mol. The summed E-state index contributed by atoms with van der Waals surface area (Å²) >= 11 is 0. The molecule has 1 atom stereocenters. The molecule has 1 aliphatic heterocycles. The molecule has 6 rings (SSSR count). The van der Waals surface area contributed by atoms with Crippen molar-refractivity contribution < 1.29 is 4.57 Å². The Labute approximate surface area is 176 Å². The fraction of sp³-hybridized carbons (Fsp3) is 0. The Kier molecular flexibility index (Phi) is 3.81. The number of rotatable bonds is 2.